The minimum absolute atomic E-state index is 0.162. The van der Waals surface area contributed by atoms with E-state index in [1.165, 1.54) is 0 Å². The molecule has 0 aromatic heterocycles. The number of ether oxygens (including phenoxy) is 1. The fourth-order valence-corrected chi connectivity index (χ4v) is 4.80. The Bertz CT molecular complexity index is 698. The molecule has 2 aliphatic heterocycles. The number of likely N-dealkylation sites (tertiary alicyclic amines) is 1. The van der Waals surface area contributed by atoms with Gasteiger partial charge in [0.1, 0.15) is 12.1 Å². The Balaban J connectivity index is 1.49. The van der Waals surface area contributed by atoms with Crippen molar-refractivity contribution in [3.05, 3.63) is 0 Å². The Labute approximate surface area is 178 Å². The summed E-state index contributed by atoms with van der Waals surface area (Å²) >= 11 is 0. The molecule has 8 heteroatoms. The van der Waals surface area contributed by atoms with Crippen LogP contribution in [-0.2, 0) is 19.1 Å². The summed E-state index contributed by atoms with van der Waals surface area (Å²) in [4.78, 5) is 52.4. The predicted octanol–water partition coefficient (Wildman–Crippen LogP) is 2.31. The first-order valence-corrected chi connectivity index (χ1v) is 11.1. The molecule has 1 N–H and O–H groups in total. The van der Waals surface area contributed by atoms with Crippen molar-refractivity contribution in [3.63, 3.8) is 0 Å². The molecule has 0 aromatic carbocycles. The van der Waals surface area contributed by atoms with Crippen LogP contribution in [0.25, 0.3) is 0 Å². The van der Waals surface area contributed by atoms with Gasteiger partial charge in [-0.25, -0.2) is 4.79 Å². The van der Waals surface area contributed by atoms with E-state index < -0.39 is 24.1 Å². The Morgan fingerprint density at radius 3 is 2.27 bits per heavy atom. The maximum atomic E-state index is 13.0. The Kier molecular flexibility index (Phi) is 6.43. The number of imide groups is 1. The molecule has 1 saturated carbocycles. The smallest absolute Gasteiger partial charge is 0.326 e. The maximum absolute atomic E-state index is 13.0. The lowest BCUT2D eigenvalue weighted by Gasteiger charge is -2.40. The molecule has 3 rings (SSSR count). The number of rotatable bonds is 4. The number of urea groups is 1. The monoisotopic (exact) mass is 421 g/mol. The minimum atomic E-state index is -0.903. The van der Waals surface area contributed by atoms with E-state index in [1.807, 2.05) is 0 Å². The van der Waals surface area contributed by atoms with Gasteiger partial charge in [-0.1, -0.05) is 27.7 Å². The van der Waals surface area contributed by atoms with Gasteiger partial charge in [-0.2, -0.15) is 0 Å². The summed E-state index contributed by atoms with van der Waals surface area (Å²) in [7, 11) is 0. The van der Waals surface area contributed by atoms with Crippen molar-refractivity contribution >= 4 is 23.8 Å². The molecule has 1 spiro atoms. The first-order chi connectivity index (χ1) is 14.0. The largest absolute Gasteiger partial charge is 0.454 e. The number of piperidine rings is 1. The van der Waals surface area contributed by atoms with Crippen molar-refractivity contribution < 1.29 is 23.9 Å². The molecule has 2 heterocycles. The van der Waals surface area contributed by atoms with Crippen LogP contribution in [0.2, 0.25) is 0 Å². The standard InChI is InChI=1S/C22H35N3O5/c1-15-7-11-24(12-8-15)17(26)14-30-18(27)13-25-19(28)22(23-20(25)29)9-5-16(6-10-22)21(2,3)4/h15-16H,5-14H2,1-4H3,(H,23,29). The molecule has 0 radical (unpaired) electrons. The number of nitrogens with one attached hydrogen (secondary N) is 1. The molecular formula is C22H35N3O5. The van der Waals surface area contributed by atoms with Crippen LogP contribution in [0.3, 0.4) is 0 Å². The number of nitrogens with zero attached hydrogens (tertiary/aromatic N) is 2. The van der Waals surface area contributed by atoms with Crippen LogP contribution >= 0.6 is 0 Å². The lowest BCUT2D eigenvalue weighted by atomic mass is 9.67. The van der Waals surface area contributed by atoms with Gasteiger partial charge in [-0.3, -0.25) is 19.3 Å². The highest BCUT2D eigenvalue weighted by molar-refractivity contribution is 6.08. The first-order valence-electron chi connectivity index (χ1n) is 11.1. The second kappa shape index (κ2) is 8.55. The van der Waals surface area contributed by atoms with E-state index in [9.17, 15) is 19.2 Å². The maximum Gasteiger partial charge on any atom is 0.326 e. The van der Waals surface area contributed by atoms with Crippen LogP contribution in [0.15, 0.2) is 0 Å². The zero-order valence-electron chi connectivity index (χ0n) is 18.7. The number of amides is 4. The molecule has 4 amide bonds. The van der Waals surface area contributed by atoms with Gasteiger partial charge in [-0.15, -0.1) is 0 Å². The lowest BCUT2D eigenvalue weighted by molar-refractivity contribution is -0.154. The summed E-state index contributed by atoms with van der Waals surface area (Å²) in [6.07, 6.45) is 4.77. The molecule has 30 heavy (non-hydrogen) atoms. The van der Waals surface area contributed by atoms with Crippen LogP contribution in [-0.4, -0.2) is 65.4 Å². The highest BCUT2D eigenvalue weighted by Gasteiger charge is 2.53. The van der Waals surface area contributed by atoms with Crippen LogP contribution in [0.5, 0.6) is 0 Å². The zero-order chi connectivity index (χ0) is 22.1. The molecular weight excluding hydrogens is 386 g/mol. The number of hydrogen-bond donors (Lipinski definition) is 1. The highest BCUT2D eigenvalue weighted by atomic mass is 16.5. The van der Waals surface area contributed by atoms with Gasteiger partial charge in [0, 0.05) is 13.1 Å². The van der Waals surface area contributed by atoms with Gasteiger partial charge in [-0.05, 0) is 55.8 Å². The molecule has 8 nitrogen and oxygen atoms in total. The van der Waals surface area contributed by atoms with Crippen LogP contribution in [0.1, 0.15) is 66.2 Å². The normalized spacial score (nSPS) is 28.1. The van der Waals surface area contributed by atoms with E-state index in [2.05, 4.69) is 33.0 Å². The Hall–Kier alpha value is -2.12. The van der Waals surface area contributed by atoms with E-state index >= 15 is 0 Å². The lowest BCUT2D eigenvalue weighted by Crippen LogP contribution is -2.50. The van der Waals surface area contributed by atoms with E-state index in [0.29, 0.717) is 37.8 Å². The summed E-state index contributed by atoms with van der Waals surface area (Å²) in [5, 5.41) is 2.82. The summed E-state index contributed by atoms with van der Waals surface area (Å²) < 4.78 is 5.08. The molecule has 0 unspecified atom stereocenters. The predicted molar refractivity (Wildman–Crippen MR) is 110 cm³/mol. The fourth-order valence-electron chi connectivity index (χ4n) is 4.80. The second-order valence-corrected chi connectivity index (χ2v) is 10.3. The van der Waals surface area contributed by atoms with Gasteiger partial charge in [0.15, 0.2) is 6.61 Å². The Morgan fingerprint density at radius 1 is 1.10 bits per heavy atom. The third-order valence-corrected chi connectivity index (χ3v) is 7.09. The van der Waals surface area contributed by atoms with E-state index in [4.69, 9.17) is 4.74 Å². The van der Waals surface area contributed by atoms with Crippen molar-refractivity contribution in [2.75, 3.05) is 26.2 Å². The molecule has 2 saturated heterocycles. The molecule has 3 aliphatic rings. The van der Waals surface area contributed by atoms with Crippen molar-refractivity contribution in [1.29, 1.82) is 0 Å². The van der Waals surface area contributed by atoms with E-state index in [0.717, 1.165) is 30.6 Å². The van der Waals surface area contributed by atoms with Crippen molar-refractivity contribution in [3.8, 4) is 0 Å². The summed E-state index contributed by atoms with van der Waals surface area (Å²) in [6, 6.07) is -0.553. The van der Waals surface area contributed by atoms with Crippen molar-refractivity contribution in [2.24, 2.45) is 17.3 Å². The molecule has 0 aromatic rings. The molecule has 0 bridgehead atoms. The Morgan fingerprint density at radius 2 is 1.70 bits per heavy atom. The summed E-state index contributed by atoms with van der Waals surface area (Å²) in [5.74, 6) is -0.229. The minimum Gasteiger partial charge on any atom is -0.454 e. The zero-order valence-corrected chi connectivity index (χ0v) is 18.7. The van der Waals surface area contributed by atoms with Gasteiger partial charge in [0.25, 0.3) is 11.8 Å². The highest BCUT2D eigenvalue weighted by Crippen LogP contribution is 2.43. The topological polar surface area (TPSA) is 96.0 Å². The third kappa shape index (κ3) is 4.78. The van der Waals surface area contributed by atoms with Gasteiger partial charge in [0.2, 0.25) is 0 Å². The SMILES string of the molecule is CC1CCN(C(=O)COC(=O)CN2C(=O)NC3(CCC(C(C)(C)C)CC3)C2=O)CC1. The van der Waals surface area contributed by atoms with Gasteiger partial charge >= 0.3 is 12.0 Å². The summed E-state index contributed by atoms with van der Waals surface area (Å²) in [5.41, 5.74) is -0.741. The van der Waals surface area contributed by atoms with E-state index in [1.54, 1.807) is 4.90 Å². The van der Waals surface area contributed by atoms with Crippen LogP contribution in [0, 0.1) is 17.3 Å². The fraction of sp³-hybridized carbons (Fsp3) is 0.818. The second-order valence-electron chi connectivity index (χ2n) is 10.3. The first kappa shape index (κ1) is 22.6. The molecule has 1 aliphatic carbocycles. The average molecular weight is 422 g/mol. The van der Waals surface area contributed by atoms with Gasteiger partial charge in [0.05, 0.1) is 0 Å². The average Bonchev–Trinajstić information content (AvgIpc) is 2.90. The van der Waals surface area contributed by atoms with Crippen molar-refractivity contribution in [2.45, 2.75) is 71.8 Å². The molecule has 168 valence electrons. The van der Waals surface area contributed by atoms with Crippen molar-refractivity contribution in [1.82, 2.24) is 15.1 Å². The number of esters is 1. The summed E-state index contributed by atoms with van der Waals surface area (Å²) in [6.45, 7) is 9.26. The molecule has 3 fully saturated rings. The third-order valence-electron chi connectivity index (χ3n) is 7.09. The van der Waals surface area contributed by atoms with E-state index in [-0.39, 0.29) is 23.8 Å². The van der Waals surface area contributed by atoms with Crippen LogP contribution in [0.4, 0.5) is 4.79 Å². The van der Waals surface area contributed by atoms with Gasteiger partial charge < -0.3 is 15.0 Å². The quantitative estimate of drug-likeness (QED) is 0.555. The number of carbonyl (C=O) groups is 4. The number of carbonyl (C=O) groups excluding carboxylic acids is 4. The van der Waals surface area contributed by atoms with Crippen LogP contribution < -0.4 is 5.32 Å². The molecule has 0 atom stereocenters. The number of hydrogen-bond acceptors (Lipinski definition) is 5.